The first kappa shape index (κ1) is 15.4. The van der Waals surface area contributed by atoms with Crippen molar-refractivity contribution in [2.24, 2.45) is 0 Å². The van der Waals surface area contributed by atoms with Crippen LogP contribution in [0.5, 0.6) is 0 Å². The summed E-state index contributed by atoms with van der Waals surface area (Å²) in [5, 5.41) is 2.89. The molecule has 2 aromatic rings. The Labute approximate surface area is 133 Å². The fourth-order valence-corrected chi connectivity index (χ4v) is 2.25. The zero-order valence-electron chi connectivity index (χ0n) is 12.1. The van der Waals surface area contributed by atoms with Crippen molar-refractivity contribution < 1.29 is 4.79 Å². The van der Waals surface area contributed by atoms with E-state index in [9.17, 15) is 4.79 Å². The van der Waals surface area contributed by atoms with Gasteiger partial charge in [-0.15, -0.1) is 0 Å². The predicted octanol–water partition coefficient (Wildman–Crippen LogP) is 3.03. The highest BCUT2D eigenvalue weighted by atomic mass is 79.9. The van der Waals surface area contributed by atoms with E-state index in [-0.39, 0.29) is 5.91 Å². The molecule has 21 heavy (non-hydrogen) atoms. The van der Waals surface area contributed by atoms with E-state index < -0.39 is 0 Å². The van der Waals surface area contributed by atoms with E-state index in [2.05, 4.69) is 21.2 Å². The SMILES string of the molecule is CN(C)c1ccc(C(=O)NCc2ccc(Br)cc2)cc1N. The summed E-state index contributed by atoms with van der Waals surface area (Å²) in [5.41, 5.74) is 9.06. The van der Waals surface area contributed by atoms with Gasteiger partial charge >= 0.3 is 0 Å². The second kappa shape index (κ2) is 6.63. The maximum atomic E-state index is 12.1. The van der Waals surface area contributed by atoms with Gasteiger partial charge in [-0.05, 0) is 35.9 Å². The van der Waals surface area contributed by atoms with E-state index in [4.69, 9.17) is 5.73 Å². The minimum Gasteiger partial charge on any atom is -0.397 e. The maximum Gasteiger partial charge on any atom is 0.251 e. The molecule has 0 heterocycles. The van der Waals surface area contributed by atoms with Gasteiger partial charge in [0.2, 0.25) is 0 Å². The van der Waals surface area contributed by atoms with Crippen LogP contribution in [0, 0.1) is 0 Å². The van der Waals surface area contributed by atoms with Gasteiger partial charge in [-0.2, -0.15) is 0 Å². The number of nitrogens with zero attached hydrogens (tertiary/aromatic N) is 1. The number of anilines is 2. The van der Waals surface area contributed by atoms with Crippen molar-refractivity contribution >= 4 is 33.2 Å². The normalized spacial score (nSPS) is 10.2. The first-order valence-corrected chi connectivity index (χ1v) is 7.36. The van der Waals surface area contributed by atoms with Crippen molar-refractivity contribution in [3.05, 3.63) is 58.1 Å². The molecule has 0 aliphatic heterocycles. The number of nitrogens with two attached hydrogens (primary N) is 1. The van der Waals surface area contributed by atoms with Crippen LogP contribution in [0.25, 0.3) is 0 Å². The summed E-state index contributed by atoms with van der Waals surface area (Å²) in [6, 6.07) is 13.2. The van der Waals surface area contributed by atoms with E-state index in [0.29, 0.717) is 17.8 Å². The molecular weight excluding hydrogens is 330 g/mol. The molecule has 0 aromatic heterocycles. The monoisotopic (exact) mass is 347 g/mol. The van der Waals surface area contributed by atoms with Crippen LogP contribution >= 0.6 is 15.9 Å². The van der Waals surface area contributed by atoms with Crippen LogP contribution in [-0.2, 0) is 6.54 Å². The molecule has 0 saturated heterocycles. The van der Waals surface area contributed by atoms with Gasteiger partial charge in [-0.25, -0.2) is 0 Å². The van der Waals surface area contributed by atoms with Crippen molar-refractivity contribution in [3.63, 3.8) is 0 Å². The zero-order chi connectivity index (χ0) is 15.4. The molecule has 0 radical (unpaired) electrons. The van der Waals surface area contributed by atoms with Gasteiger partial charge in [0, 0.05) is 30.7 Å². The van der Waals surface area contributed by atoms with Crippen LogP contribution in [-0.4, -0.2) is 20.0 Å². The van der Waals surface area contributed by atoms with Crippen molar-refractivity contribution in [3.8, 4) is 0 Å². The summed E-state index contributed by atoms with van der Waals surface area (Å²) in [4.78, 5) is 14.0. The van der Waals surface area contributed by atoms with Gasteiger partial charge in [-0.3, -0.25) is 4.79 Å². The van der Waals surface area contributed by atoms with E-state index in [1.807, 2.05) is 49.3 Å². The Kier molecular flexibility index (Phi) is 4.85. The highest BCUT2D eigenvalue weighted by Crippen LogP contribution is 2.22. The number of hydrogen-bond acceptors (Lipinski definition) is 3. The second-order valence-electron chi connectivity index (χ2n) is 4.98. The summed E-state index contributed by atoms with van der Waals surface area (Å²) in [6.45, 7) is 0.488. The van der Waals surface area contributed by atoms with Crippen LogP contribution in [0.1, 0.15) is 15.9 Å². The van der Waals surface area contributed by atoms with E-state index in [0.717, 1.165) is 15.7 Å². The predicted molar refractivity (Wildman–Crippen MR) is 90.5 cm³/mol. The maximum absolute atomic E-state index is 12.1. The van der Waals surface area contributed by atoms with Crippen molar-refractivity contribution in [1.82, 2.24) is 5.32 Å². The molecule has 0 aliphatic rings. The first-order chi connectivity index (χ1) is 9.97. The molecule has 4 nitrogen and oxygen atoms in total. The van der Waals surface area contributed by atoms with E-state index in [1.54, 1.807) is 12.1 Å². The average molecular weight is 348 g/mol. The molecule has 0 atom stereocenters. The Morgan fingerprint density at radius 2 is 1.86 bits per heavy atom. The number of amides is 1. The number of carbonyl (C=O) groups excluding carboxylic acids is 1. The topological polar surface area (TPSA) is 58.4 Å². The molecule has 5 heteroatoms. The zero-order valence-corrected chi connectivity index (χ0v) is 13.6. The second-order valence-corrected chi connectivity index (χ2v) is 5.89. The third-order valence-corrected chi connectivity index (χ3v) is 3.67. The number of rotatable bonds is 4. The fraction of sp³-hybridized carbons (Fsp3) is 0.188. The van der Waals surface area contributed by atoms with Gasteiger partial charge in [0.05, 0.1) is 11.4 Å². The van der Waals surface area contributed by atoms with Crippen molar-refractivity contribution in [2.45, 2.75) is 6.54 Å². The van der Waals surface area contributed by atoms with Crippen LogP contribution in [0.3, 0.4) is 0 Å². The minimum atomic E-state index is -0.130. The quantitative estimate of drug-likeness (QED) is 0.835. The largest absolute Gasteiger partial charge is 0.397 e. The molecule has 0 fully saturated rings. The van der Waals surface area contributed by atoms with Crippen molar-refractivity contribution in [2.75, 3.05) is 24.7 Å². The Morgan fingerprint density at radius 1 is 1.19 bits per heavy atom. The van der Waals surface area contributed by atoms with Crippen LogP contribution in [0.15, 0.2) is 46.9 Å². The summed E-state index contributed by atoms with van der Waals surface area (Å²) >= 11 is 3.38. The van der Waals surface area contributed by atoms with Gasteiger partial charge in [-0.1, -0.05) is 28.1 Å². The lowest BCUT2D eigenvalue weighted by atomic mass is 10.1. The summed E-state index contributed by atoms with van der Waals surface area (Å²) in [6.07, 6.45) is 0. The molecule has 0 saturated carbocycles. The number of nitrogen functional groups attached to an aromatic ring is 1. The van der Waals surface area contributed by atoms with Gasteiger partial charge in [0.1, 0.15) is 0 Å². The van der Waals surface area contributed by atoms with Crippen LogP contribution in [0.4, 0.5) is 11.4 Å². The first-order valence-electron chi connectivity index (χ1n) is 6.57. The highest BCUT2D eigenvalue weighted by Gasteiger charge is 2.09. The molecule has 0 bridgehead atoms. The molecule has 0 aliphatic carbocycles. The molecule has 2 rings (SSSR count). The fourth-order valence-electron chi connectivity index (χ4n) is 1.99. The Balaban J connectivity index is 2.03. The number of halogens is 1. The lowest BCUT2D eigenvalue weighted by molar-refractivity contribution is 0.0951. The molecular formula is C16H18BrN3O. The Bertz CT molecular complexity index is 638. The molecule has 0 spiro atoms. The van der Waals surface area contributed by atoms with Gasteiger partial charge in [0.25, 0.3) is 5.91 Å². The van der Waals surface area contributed by atoms with E-state index in [1.165, 1.54) is 0 Å². The minimum absolute atomic E-state index is 0.130. The summed E-state index contributed by atoms with van der Waals surface area (Å²) < 4.78 is 1.02. The van der Waals surface area contributed by atoms with Gasteiger partial charge in [0.15, 0.2) is 0 Å². The number of benzene rings is 2. The number of nitrogens with one attached hydrogen (secondary N) is 1. The third kappa shape index (κ3) is 3.98. The molecule has 1 amide bonds. The third-order valence-electron chi connectivity index (χ3n) is 3.14. The van der Waals surface area contributed by atoms with Crippen LogP contribution < -0.4 is 16.0 Å². The molecule has 3 N–H and O–H groups in total. The standard InChI is InChI=1S/C16H18BrN3O/c1-20(2)15-8-5-12(9-14(15)18)16(21)19-10-11-3-6-13(17)7-4-11/h3-9H,10,18H2,1-2H3,(H,19,21). The van der Waals surface area contributed by atoms with Gasteiger partial charge < -0.3 is 16.0 Å². The molecule has 2 aromatic carbocycles. The Hall–Kier alpha value is -2.01. The lowest BCUT2D eigenvalue weighted by Gasteiger charge is -2.16. The Morgan fingerprint density at radius 3 is 2.43 bits per heavy atom. The summed E-state index contributed by atoms with van der Waals surface area (Å²) in [5.74, 6) is -0.130. The summed E-state index contributed by atoms with van der Waals surface area (Å²) in [7, 11) is 3.83. The lowest BCUT2D eigenvalue weighted by Crippen LogP contribution is -2.23. The number of carbonyl (C=O) groups is 1. The smallest absolute Gasteiger partial charge is 0.251 e. The molecule has 110 valence electrons. The van der Waals surface area contributed by atoms with Crippen molar-refractivity contribution in [1.29, 1.82) is 0 Å². The van der Waals surface area contributed by atoms with E-state index >= 15 is 0 Å². The molecule has 0 unspecified atom stereocenters. The average Bonchev–Trinajstić information content (AvgIpc) is 2.45. The highest BCUT2D eigenvalue weighted by molar-refractivity contribution is 9.10. The number of hydrogen-bond donors (Lipinski definition) is 2. The van der Waals surface area contributed by atoms with Crippen LogP contribution in [0.2, 0.25) is 0 Å².